The second kappa shape index (κ2) is 12.7. The summed E-state index contributed by atoms with van der Waals surface area (Å²) >= 11 is 0. The van der Waals surface area contributed by atoms with Crippen LogP contribution in [0.25, 0.3) is 0 Å². The first-order chi connectivity index (χ1) is 20.1. The first kappa shape index (κ1) is 28.8. The number of anilines is 1. The molecule has 0 spiro atoms. The zero-order valence-corrected chi connectivity index (χ0v) is 21.8. The third-order valence-electron chi connectivity index (χ3n) is 5.78. The second-order valence-corrected chi connectivity index (χ2v) is 8.77. The number of amides is 2. The molecule has 0 atom stereocenters. The summed E-state index contributed by atoms with van der Waals surface area (Å²) in [5.41, 5.74) is 3.88. The average molecular weight is 568 g/mol. The first-order valence-corrected chi connectivity index (χ1v) is 12.2. The number of hydrogen-bond acceptors (Lipinski definition) is 9. The lowest BCUT2D eigenvalue weighted by Crippen LogP contribution is -2.18. The summed E-state index contributed by atoms with van der Waals surface area (Å²) in [5, 5.41) is 28.7. The van der Waals surface area contributed by atoms with Gasteiger partial charge in [0.25, 0.3) is 23.2 Å². The van der Waals surface area contributed by atoms with Gasteiger partial charge in [-0.05, 0) is 61.5 Å². The minimum atomic E-state index is -0.869. The molecule has 13 heteroatoms. The summed E-state index contributed by atoms with van der Waals surface area (Å²) in [6.07, 6.45) is 1.07. The maximum Gasteiger partial charge on any atom is 0.343 e. The Labute approximate surface area is 237 Å². The molecule has 0 aromatic heterocycles. The summed E-state index contributed by atoms with van der Waals surface area (Å²) < 4.78 is 5.32. The Morgan fingerprint density at radius 2 is 1.40 bits per heavy atom. The highest BCUT2D eigenvalue weighted by molar-refractivity contribution is 6.04. The van der Waals surface area contributed by atoms with Crippen molar-refractivity contribution in [1.82, 2.24) is 5.43 Å². The van der Waals surface area contributed by atoms with Crippen LogP contribution in [0.15, 0.2) is 96.1 Å². The topological polar surface area (TPSA) is 183 Å². The van der Waals surface area contributed by atoms with Crippen LogP contribution < -0.4 is 15.5 Å². The molecule has 13 nitrogen and oxygen atoms in total. The van der Waals surface area contributed by atoms with Crippen molar-refractivity contribution in [2.45, 2.75) is 6.92 Å². The largest absolute Gasteiger partial charge is 0.422 e. The number of nitrogens with one attached hydrogen (secondary N) is 2. The maximum atomic E-state index is 12.6. The summed E-state index contributed by atoms with van der Waals surface area (Å²) in [6.45, 7) is 1.88. The van der Waals surface area contributed by atoms with Gasteiger partial charge in [0.05, 0.1) is 21.6 Å². The van der Waals surface area contributed by atoms with Crippen LogP contribution in [0.5, 0.6) is 5.75 Å². The van der Waals surface area contributed by atoms with E-state index >= 15 is 0 Å². The molecule has 4 aromatic rings. The van der Waals surface area contributed by atoms with E-state index in [4.69, 9.17) is 4.74 Å². The van der Waals surface area contributed by atoms with Crippen molar-refractivity contribution in [2.24, 2.45) is 5.10 Å². The number of nitrogens with zero attached hydrogens (tertiary/aromatic N) is 3. The Balaban J connectivity index is 1.43. The maximum absolute atomic E-state index is 12.6. The predicted octanol–water partition coefficient (Wildman–Crippen LogP) is 5.05. The monoisotopic (exact) mass is 567 g/mol. The Morgan fingerprint density at radius 1 is 0.762 bits per heavy atom. The van der Waals surface area contributed by atoms with Crippen LogP contribution >= 0.6 is 0 Å². The van der Waals surface area contributed by atoms with Crippen molar-refractivity contribution >= 4 is 41.1 Å². The molecule has 0 unspecified atom stereocenters. The van der Waals surface area contributed by atoms with E-state index in [1.54, 1.807) is 30.3 Å². The highest BCUT2D eigenvalue weighted by Crippen LogP contribution is 2.24. The van der Waals surface area contributed by atoms with Gasteiger partial charge in [0.1, 0.15) is 5.75 Å². The molecular weight excluding hydrogens is 546 g/mol. The summed E-state index contributed by atoms with van der Waals surface area (Å²) in [7, 11) is 0. The van der Waals surface area contributed by atoms with E-state index in [0.29, 0.717) is 11.3 Å². The van der Waals surface area contributed by atoms with E-state index in [1.165, 1.54) is 30.3 Å². The molecule has 0 heterocycles. The molecular formula is C29H21N5O8. The van der Waals surface area contributed by atoms with Crippen molar-refractivity contribution in [2.75, 3.05) is 5.32 Å². The fraction of sp³-hybridized carbons (Fsp3) is 0.0345. The number of hydrogen-bond donors (Lipinski definition) is 2. The molecule has 210 valence electrons. The highest BCUT2D eigenvalue weighted by atomic mass is 16.6. The molecule has 2 amide bonds. The number of nitro benzene ring substituents is 2. The van der Waals surface area contributed by atoms with Crippen LogP contribution in [-0.4, -0.2) is 33.8 Å². The number of carbonyl (C=O) groups excluding carboxylic acids is 3. The fourth-order valence-electron chi connectivity index (χ4n) is 3.64. The smallest absolute Gasteiger partial charge is 0.343 e. The lowest BCUT2D eigenvalue weighted by atomic mass is 10.1. The van der Waals surface area contributed by atoms with Gasteiger partial charge in [0, 0.05) is 46.6 Å². The van der Waals surface area contributed by atoms with Crippen LogP contribution in [0.2, 0.25) is 0 Å². The Hall–Kier alpha value is -6.24. The zero-order valence-electron chi connectivity index (χ0n) is 21.8. The summed E-state index contributed by atoms with van der Waals surface area (Å²) in [4.78, 5) is 58.4. The van der Waals surface area contributed by atoms with Crippen molar-refractivity contribution in [3.63, 3.8) is 0 Å². The molecule has 0 bridgehead atoms. The number of esters is 1. The summed E-state index contributed by atoms with van der Waals surface area (Å²) in [5.74, 6) is -1.89. The number of hydrazone groups is 1. The summed E-state index contributed by atoms with van der Waals surface area (Å²) in [6, 6.07) is 21.2. The van der Waals surface area contributed by atoms with E-state index in [0.717, 1.165) is 36.0 Å². The molecule has 4 aromatic carbocycles. The van der Waals surface area contributed by atoms with Crippen LogP contribution in [0.4, 0.5) is 17.1 Å². The normalized spacial score (nSPS) is 10.6. The third kappa shape index (κ3) is 7.24. The van der Waals surface area contributed by atoms with Gasteiger partial charge >= 0.3 is 5.97 Å². The van der Waals surface area contributed by atoms with Crippen LogP contribution in [0, 0.1) is 27.2 Å². The van der Waals surface area contributed by atoms with Gasteiger partial charge < -0.3 is 10.1 Å². The number of aryl methyl sites for hydroxylation is 1. The number of rotatable bonds is 9. The number of carbonyl (C=O) groups is 3. The third-order valence-corrected chi connectivity index (χ3v) is 5.78. The van der Waals surface area contributed by atoms with Gasteiger partial charge in [-0.3, -0.25) is 29.8 Å². The standard InChI is InChI=1S/C29H21N5O8/c1-18-3-2-4-21(15-18)27(35)31-23-9-5-19(6-10-23)28(36)32-30-17-22-16-25(34(40)41)13-14-26(22)42-29(37)20-7-11-24(12-8-20)33(38)39/h2-17H,1H3,(H,31,35)(H,32,36)/b30-17+. The van der Waals surface area contributed by atoms with Crippen molar-refractivity contribution < 1.29 is 29.0 Å². The molecule has 0 saturated heterocycles. The average Bonchev–Trinajstić information content (AvgIpc) is 2.98. The highest BCUT2D eigenvalue weighted by Gasteiger charge is 2.16. The minimum Gasteiger partial charge on any atom is -0.422 e. The second-order valence-electron chi connectivity index (χ2n) is 8.77. The van der Waals surface area contributed by atoms with Gasteiger partial charge in [0.2, 0.25) is 0 Å². The fourth-order valence-corrected chi connectivity index (χ4v) is 3.64. The minimum absolute atomic E-state index is 0.00802. The van der Waals surface area contributed by atoms with E-state index in [-0.39, 0.29) is 39.7 Å². The Bertz CT molecular complexity index is 1720. The molecule has 42 heavy (non-hydrogen) atoms. The van der Waals surface area contributed by atoms with Gasteiger partial charge in [0.15, 0.2) is 0 Å². The molecule has 2 N–H and O–H groups in total. The quantitative estimate of drug-likeness (QED) is 0.0925. The molecule has 0 radical (unpaired) electrons. The zero-order chi connectivity index (χ0) is 30.2. The van der Waals surface area contributed by atoms with Crippen LogP contribution in [0.1, 0.15) is 42.2 Å². The molecule has 0 fully saturated rings. The number of non-ortho nitro benzene ring substituents is 2. The number of benzene rings is 4. The lowest BCUT2D eigenvalue weighted by molar-refractivity contribution is -0.385. The van der Waals surface area contributed by atoms with Gasteiger partial charge in [-0.1, -0.05) is 17.7 Å². The number of nitro groups is 2. The van der Waals surface area contributed by atoms with Gasteiger partial charge in [-0.25, -0.2) is 10.2 Å². The lowest BCUT2D eigenvalue weighted by Gasteiger charge is -2.08. The van der Waals surface area contributed by atoms with Crippen molar-refractivity contribution in [3.8, 4) is 5.75 Å². The predicted molar refractivity (Wildman–Crippen MR) is 152 cm³/mol. The molecule has 4 rings (SSSR count). The molecule has 0 aliphatic heterocycles. The van der Waals surface area contributed by atoms with E-state index in [2.05, 4.69) is 15.8 Å². The molecule has 0 saturated carbocycles. The van der Waals surface area contributed by atoms with E-state index < -0.39 is 21.7 Å². The number of ether oxygens (including phenoxy) is 1. The molecule has 0 aliphatic rings. The van der Waals surface area contributed by atoms with E-state index in [9.17, 15) is 34.6 Å². The van der Waals surface area contributed by atoms with Crippen LogP contribution in [-0.2, 0) is 0 Å². The SMILES string of the molecule is Cc1cccc(C(=O)Nc2ccc(C(=O)N/N=C/c3cc([N+](=O)[O-])ccc3OC(=O)c3ccc([N+](=O)[O-])cc3)cc2)c1. The van der Waals surface area contributed by atoms with Gasteiger partial charge in [-0.2, -0.15) is 5.10 Å². The van der Waals surface area contributed by atoms with Gasteiger partial charge in [-0.15, -0.1) is 0 Å². The molecule has 0 aliphatic carbocycles. The van der Waals surface area contributed by atoms with E-state index in [1.807, 2.05) is 13.0 Å². The Kier molecular flexibility index (Phi) is 8.73. The van der Waals surface area contributed by atoms with Crippen molar-refractivity contribution in [1.29, 1.82) is 0 Å². The first-order valence-electron chi connectivity index (χ1n) is 12.2. The Morgan fingerprint density at radius 3 is 2.05 bits per heavy atom. The van der Waals surface area contributed by atoms with Crippen LogP contribution in [0.3, 0.4) is 0 Å². The van der Waals surface area contributed by atoms with Crippen molar-refractivity contribution in [3.05, 3.63) is 139 Å².